The zero-order chi connectivity index (χ0) is 14.8. The number of hydrogen-bond acceptors (Lipinski definition) is 3. The molecule has 0 saturated carbocycles. The van der Waals surface area contributed by atoms with E-state index in [1.165, 1.54) is 0 Å². The molecule has 0 aliphatic heterocycles. The first-order chi connectivity index (χ1) is 10.1. The second kappa shape index (κ2) is 6.10. The highest BCUT2D eigenvalue weighted by atomic mass is 79.9. The summed E-state index contributed by atoms with van der Waals surface area (Å²) < 4.78 is 1.05. The first-order valence-corrected chi connectivity index (χ1v) is 8.22. The first-order valence-electron chi connectivity index (χ1n) is 6.61. The maximum Gasteiger partial charge on any atom is 0.131 e. The largest absolute Gasteiger partial charge is 0.381 e. The van der Waals surface area contributed by atoms with Crippen molar-refractivity contribution in [3.8, 4) is 11.3 Å². The molecule has 1 unspecified atom stereocenters. The van der Waals surface area contributed by atoms with Gasteiger partial charge in [0.2, 0.25) is 0 Å². The summed E-state index contributed by atoms with van der Waals surface area (Å²) >= 11 is 4.98. The average Bonchev–Trinajstić information content (AvgIpc) is 2.90. The number of halogens is 1. The fourth-order valence-corrected chi connectivity index (χ4v) is 3.41. The molecule has 0 spiro atoms. The van der Waals surface area contributed by atoms with Crippen LogP contribution in [0.1, 0.15) is 21.6 Å². The van der Waals surface area contributed by atoms with E-state index in [4.69, 9.17) is 0 Å². The smallest absolute Gasteiger partial charge is 0.131 e. The highest BCUT2D eigenvalue weighted by Crippen LogP contribution is 2.33. The summed E-state index contributed by atoms with van der Waals surface area (Å²) in [6.45, 7) is 2.04. The molecule has 0 saturated heterocycles. The summed E-state index contributed by atoms with van der Waals surface area (Å²) in [6, 6.07) is 17.7. The number of aromatic nitrogens is 1. The van der Waals surface area contributed by atoms with Crippen molar-refractivity contribution in [1.82, 2.24) is 4.98 Å². The molecule has 2 nitrogen and oxygen atoms in total. The number of aliphatic hydroxyl groups excluding tert-OH is 1. The minimum absolute atomic E-state index is 0.668. The number of rotatable bonds is 3. The van der Waals surface area contributed by atoms with Crippen molar-refractivity contribution >= 4 is 27.3 Å². The lowest BCUT2D eigenvalue weighted by atomic mass is 10.1. The van der Waals surface area contributed by atoms with Crippen molar-refractivity contribution in [2.24, 2.45) is 0 Å². The lowest BCUT2D eigenvalue weighted by Crippen LogP contribution is -1.98. The van der Waals surface area contributed by atoms with Gasteiger partial charge in [0.1, 0.15) is 11.1 Å². The van der Waals surface area contributed by atoms with E-state index in [2.05, 4.69) is 20.9 Å². The predicted molar refractivity (Wildman–Crippen MR) is 90.5 cm³/mol. The summed E-state index contributed by atoms with van der Waals surface area (Å²) in [7, 11) is 0. The SMILES string of the molecule is Cc1sc(C(O)c2ccccc2)nc1-c1ccc(Br)cc1. The lowest BCUT2D eigenvalue weighted by Gasteiger charge is -2.06. The van der Waals surface area contributed by atoms with Crippen molar-refractivity contribution in [2.45, 2.75) is 13.0 Å². The Kier molecular flexibility index (Phi) is 4.19. The van der Waals surface area contributed by atoms with E-state index < -0.39 is 6.10 Å². The zero-order valence-corrected chi connectivity index (χ0v) is 13.9. The number of aliphatic hydroxyl groups is 1. The minimum Gasteiger partial charge on any atom is -0.381 e. The van der Waals surface area contributed by atoms with Crippen molar-refractivity contribution in [3.05, 3.63) is 74.5 Å². The van der Waals surface area contributed by atoms with Crippen LogP contribution in [0.3, 0.4) is 0 Å². The molecular formula is C17H14BrNOS. The lowest BCUT2D eigenvalue weighted by molar-refractivity contribution is 0.220. The Morgan fingerprint density at radius 1 is 1.05 bits per heavy atom. The molecule has 4 heteroatoms. The number of aryl methyl sites for hydroxylation is 1. The van der Waals surface area contributed by atoms with Crippen LogP contribution < -0.4 is 0 Å². The molecule has 21 heavy (non-hydrogen) atoms. The zero-order valence-electron chi connectivity index (χ0n) is 11.5. The highest BCUT2D eigenvalue weighted by Gasteiger charge is 2.17. The molecule has 1 N–H and O–H groups in total. The van der Waals surface area contributed by atoms with Crippen LogP contribution in [-0.4, -0.2) is 10.1 Å². The summed E-state index contributed by atoms with van der Waals surface area (Å²) in [5.41, 5.74) is 2.88. The van der Waals surface area contributed by atoms with Crippen molar-refractivity contribution in [1.29, 1.82) is 0 Å². The van der Waals surface area contributed by atoms with E-state index in [-0.39, 0.29) is 0 Å². The van der Waals surface area contributed by atoms with E-state index in [0.29, 0.717) is 0 Å². The van der Waals surface area contributed by atoms with Gasteiger partial charge < -0.3 is 5.11 Å². The van der Waals surface area contributed by atoms with Crippen LogP contribution in [0.15, 0.2) is 59.1 Å². The monoisotopic (exact) mass is 359 g/mol. The summed E-state index contributed by atoms with van der Waals surface area (Å²) in [6.07, 6.45) is -0.668. The molecule has 3 rings (SSSR count). The first kappa shape index (κ1) is 14.4. The normalized spacial score (nSPS) is 12.3. The molecule has 2 aromatic carbocycles. The van der Waals surface area contributed by atoms with Crippen LogP contribution in [0.25, 0.3) is 11.3 Å². The number of nitrogens with zero attached hydrogens (tertiary/aromatic N) is 1. The molecule has 0 amide bonds. The molecule has 0 aliphatic carbocycles. The Bertz CT molecular complexity index is 737. The van der Waals surface area contributed by atoms with Gasteiger partial charge in [-0.25, -0.2) is 4.98 Å². The molecule has 0 fully saturated rings. The molecule has 0 bridgehead atoms. The predicted octanol–water partition coefficient (Wildman–Crippen LogP) is 4.96. The standard InChI is InChI=1S/C17H14BrNOS/c1-11-15(12-7-9-14(18)10-8-12)19-17(21-11)16(20)13-5-3-2-4-6-13/h2-10,16,20H,1H3. The Hall–Kier alpha value is -1.49. The topological polar surface area (TPSA) is 33.1 Å². The molecule has 106 valence electrons. The van der Waals surface area contributed by atoms with E-state index in [1.807, 2.05) is 61.5 Å². The Balaban J connectivity index is 1.96. The summed E-state index contributed by atoms with van der Waals surface area (Å²) in [5, 5.41) is 11.2. The van der Waals surface area contributed by atoms with E-state index in [9.17, 15) is 5.11 Å². The molecular weight excluding hydrogens is 346 g/mol. The Labute approximate surface area is 136 Å². The van der Waals surface area contributed by atoms with Crippen LogP contribution >= 0.6 is 27.3 Å². The second-order valence-electron chi connectivity index (χ2n) is 4.78. The quantitative estimate of drug-likeness (QED) is 0.716. The fraction of sp³-hybridized carbons (Fsp3) is 0.118. The molecule has 3 aromatic rings. The van der Waals surface area contributed by atoms with Gasteiger partial charge in [0.25, 0.3) is 0 Å². The molecule has 0 aliphatic rings. The van der Waals surface area contributed by atoms with Gasteiger partial charge in [0, 0.05) is 14.9 Å². The third kappa shape index (κ3) is 3.07. The molecule has 1 heterocycles. The van der Waals surface area contributed by atoms with Crippen molar-refractivity contribution in [3.63, 3.8) is 0 Å². The van der Waals surface area contributed by atoms with E-state index in [0.717, 1.165) is 31.2 Å². The molecule has 0 radical (unpaired) electrons. The fourth-order valence-electron chi connectivity index (χ4n) is 2.19. The number of benzene rings is 2. The summed E-state index contributed by atoms with van der Waals surface area (Å²) in [4.78, 5) is 5.75. The van der Waals surface area contributed by atoms with Crippen LogP contribution in [0.5, 0.6) is 0 Å². The van der Waals surface area contributed by atoms with Crippen LogP contribution in [0, 0.1) is 6.92 Å². The third-order valence-corrected chi connectivity index (χ3v) is 4.83. The highest BCUT2D eigenvalue weighted by molar-refractivity contribution is 9.10. The van der Waals surface area contributed by atoms with Gasteiger partial charge in [-0.1, -0.05) is 58.4 Å². The van der Waals surface area contributed by atoms with Gasteiger partial charge in [-0.05, 0) is 24.6 Å². The van der Waals surface area contributed by atoms with Crippen molar-refractivity contribution in [2.75, 3.05) is 0 Å². The van der Waals surface area contributed by atoms with Crippen LogP contribution in [-0.2, 0) is 0 Å². The van der Waals surface area contributed by atoms with E-state index >= 15 is 0 Å². The van der Waals surface area contributed by atoms with Gasteiger partial charge >= 0.3 is 0 Å². The summed E-state index contributed by atoms with van der Waals surface area (Å²) in [5.74, 6) is 0. The van der Waals surface area contributed by atoms with E-state index in [1.54, 1.807) is 11.3 Å². The van der Waals surface area contributed by atoms with Gasteiger partial charge in [0.15, 0.2) is 0 Å². The number of thiazole rings is 1. The van der Waals surface area contributed by atoms with Crippen molar-refractivity contribution < 1.29 is 5.11 Å². The van der Waals surface area contributed by atoms with Gasteiger partial charge in [-0.2, -0.15) is 0 Å². The average molecular weight is 360 g/mol. The van der Waals surface area contributed by atoms with Gasteiger partial charge in [-0.3, -0.25) is 0 Å². The van der Waals surface area contributed by atoms with Crippen LogP contribution in [0.2, 0.25) is 0 Å². The second-order valence-corrected chi connectivity index (χ2v) is 6.93. The number of hydrogen-bond donors (Lipinski definition) is 1. The van der Waals surface area contributed by atoms with Gasteiger partial charge in [0.05, 0.1) is 5.69 Å². The van der Waals surface area contributed by atoms with Gasteiger partial charge in [-0.15, -0.1) is 11.3 Å². The maximum atomic E-state index is 10.5. The Morgan fingerprint density at radius 2 is 1.71 bits per heavy atom. The molecule has 1 atom stereocenters. The molecule has 1 aromatic heterocycles. The maximum absolute atomic E-state index is 10.5. The minimum atomic E-state index is -0.668. The Morgan fingerprint density at radius 3 is 2.38 bits per heavy atom. The third-order valence-electron chi connectivity index (χ3n) is 3.28. The van der Waals surface area contributed by atoms with Crippen LogP contribution in [0.4, 0.5) is 0 Å².